The van der Waals surface area contributed by atoms with E-state index in [0.29, 0.717) is 17.2 Å². The summed E-state index contributed by atoms with van der Waals surface area (Å²) in [6.07, 6.45) is 3.61. The average molecular weight is 375 g/mol. The van der Waals surface area contributed by atoms with Crippen molar-refractivity contribution >= 4 is 27.2 Å². The highest BCUT2D eigenvalue weighted by molar-refractivity contribution is 7.92. The summed E-state index contributed by atoms with van der Waals surface area (Å²) >= 11 is 0. The van der Waals surface area contributed by atoms with Crippen molar-refractivity contribution in [2.24, 2.45) is 0 Å². The molecule has 3 N–H and O–H groups in total. The lowest BCUT2D eigenvalue weighted by Gasteiger charge is -2.14. The third-order valence-electron chi connectivity index (χ3n) is 3.91. The number of rotatable bonds is 7. The summed E-state index contributed by atoms with van der Waals surface area (Å²) in [6, 6.07) is 10.6. The third-order valence-corrected chi connectivity index (χ3v) is 4.52. The van der Waals surface area contributed by atoms with Gasteiger partial charge in [-0.3, -0.25) is 4.72 Å². The smallest absolute Gasteiger partial charge is 0.229 e. The second-order valence-electron chi connectivity index (χ2n) is 6.02. The largest absolute Gasteiger partial charge is 0.394 e. The third kappa shape index (κ3) is 4.12. The van der Waals surface area contributed by atoms with Gasteiger partial charge in [0, 0.05) is 11.3 Å². The Balaban J connectivity index is 1.92. The SMILES string of the molecule is CCC(CO)Nc1ccc2ncc(-c3ccc(NS(C)(=O)=O)cc3)n2n1. The predicted octanol–water partition coefficient (Wildman–Crippen LogP) is 1.95. The molecule has 2 aromatic heterocycles. The van der Waals surface area contributed by atoms with Gasteiger partial charge in [0.05, 0.1) is 30.8 Å². The molecule has 3 aromatic rings. The molecule has 2 heterocycles. The molecule has 3 rings (SSSR count). The molecule has 138 valence electrons. The number of aliphatic hydroxyl groups excluding tert-OH is 1. The van der Waals surface area contributed by atoms with Crippen molar-refractivity contribution in [3.05, 3.63) is 42.6 Å². The number of aromatic nitrogens is 3. The van der Waals surface area contributed by atoms with Crippen LogP contribution < -0.4 is 10.0 Å². The van der Waals surface area contributed by atoms with Crippen LogP contribution in [0.2, 0.25) is 0 Å². The van der Waals surface area contributed by atoms with E-state index in [1.165, 1.54) is 0 Å². The first-order chi connectivity index (χ1) is 12.4. The van der Waals surface area contributed by atoms with Gasteiger partial charge in [0.1, 0.15) is 5.82 Å². The van der Waals surface area contributed by atoms with Gasteiger partial charge in [-0.25, -0.2) is 17.9 Å². The maximum Gasteiger partial charge on any atom is 0.229 e. The summed E-state index contributed by atoms with van der Waals surface area (Å²) in [7, 11) is -3.31. The van der Waals surface area contributed by atoms with Gasteiger partial charge < -0.3 is 10.4 Å². The molecule has 8 nitrogen and oxygen atoms in total. The van der Waals surface area contributed by atoms with E-state index in [2.05, 4.69) is 20.1 Å². The van der Waals surface area contributed by atoms with Crippen molar-refractivity contribution in [2.75, 3.05) is 22.9 Å². The minimum Gasteiger partial charge on any atom is -0.394 e. The Morgan fingerprint density at radius 3 is 2.54 bits per heavy atom. The Morgan fingerprint density at radius 1 is 1.19 bits per heavy atom. The predicted molar refractivity (Wildman–Crippen MR) is 102 cm³/mol. The van der Waals surface area contributed by atoms with Gasteiger partial charge in [0.25, 0.3) is 0 Å². The fraction of sp³-hybridized carbons (Fsp3) is 0.294. The Morgan fingerprint density at radius 2 is 1.92 bits per heavy atom. The monoisotopic (exact) mass is 375 g/mol. The molecular weight excluding hydrogens is 354 g/mol. The Kier molecular flexibility index (Phi) is 5.10. The number of nitrogens with zero attached hydrogens (tertiary/aromatic N) is 3. The molecule has 0 bridgehead atoms. The minimum absolute atomic E-state index is 0.0296. The second kappa shape index (κ2) is 7.30. The standard InChI is InChI=1S/C17H21N5O3S/c1-3-13(11-23)19-16-8-9-17-18-10-15(22(17)20-16)12-4-6-14(7-5-12)21-26(2,24)25/h4-10,13,21,23H,3,11H2,1-2H3,(H,19,20). The number of nitrogens with one attached hydrogen (secondary N) is 2. The van der Waals surface area contributed by atoms with E-state index >= 15 is 0 Å². The van der Waals surface area contributed by atoms with Crippen LogP contribution in [-0.2, 0) is 10.0 Å². The van der Waals surface area contributed by atoms with E-state index in [9.17, 15) is 13.5 Å². The van der Waals surface area contributed by atoms with E-state index < -0.39 is 10.0 Å². The fourth-order valence-corrected chi connectivity index (χ4v) is 3.12. The lowest BCUT2D eigenvalue weighted by atomic mass is 10.1. The maximum atomic E-state index is 11.3. The lowest BCUT2D eigenvalue weighted by Crippen LogP contribution is -2.23. The van der Waals surface area contributed by atoms with Crippen LogP contribution in [-0.4, -0.2) is 47.0 Å². The molecular formula is C17H21N5O3S. The van der Waals surface area contributed by atoms with Crippen molar-refractivity contribution in [2.45, 2.75) is 19.4 Å². The molecule has 0 radical (unpaired) electrons. The number of hydrogen-bond acceptors (Lipinski definition) is 6. The first kappa shape index (κ1) is 18.2. The van der Waals surface area contributed by atoms with E-state index in [1.807, 2.05) is 19.1 Å². The van der Waals surface area contributed by atoms with Crippen LogP contribution in [0.25, 0.3) is 16.9 Å². The summed E-state index contributed by atoms with van der Waals surface area (Å²) in [5, 5.41) is 17.1. The summed E-state index contributed by atoms with van der Waals surface area (Å²) in [5.41, 5.74) is 2.83. The summed E-state index contributed by atoms with van der Waals surface area (Å²) in [4.78, 5) is 4.35. The van der Waals surface area contributed by atoms with E-state index in [4.69, 9.17) is 0 Å². The van der Waals surface area contributed by atoms with Gasteiger partial charge >= 0.3 is 0 Å². The summed E-state index contributed by atoms with van der Waals surface area (Å²) in [5.74, 6) is 0.646. The molecule has 0 spiro atoms. The molecule has 26 heavy (non-hydrogen) atoms. The summed E-state index contributed by atoms with van der Waals surface area (Å²) < 4.78 is 26.8. The molecule has 0 amide bonds. The van der Waals surface area contributed by atoms with Crippen LogP contribution in [0.15, 0.2) is 42.6 Å². The average Bonchev–Trinajstić information content (AvgIpc) is 3.02. The maximum absolute atomic E-state index is 11.3. The number of fused-ring (bicyclic) bond motifs is 1. The number of sulfonamides is 1. The van der Waals surface area contributed by atoms with E-state index in [1.54, 1.807) is 35.0 Å². The van der Waals surface area contributed by atoms with Crippen molar-refractivity contribution in [3.8, 4) is 11.3 Å². The molecule has 0 saturated carbocycles. The van der Waals surface area contributed by atoms with Crippen molar-refractivity contribution in [3.63, 3.8) is 0 Å². The van der Waals surface area contributed by atoms with Crippen LogP contribution >= 0.6 is 0 Å². The van der Waals surface area contributed by atoms with Gasteiger partial charge in [0.2, 0.25) is 10.0 Å². The van der Waals surface area contributed by atoms with Gasteiger partial charge in [-0.2, -0.15) is 0 Å². The van der Waals surface area contributed by atoms with E-state index in [0.717, 1.165) is 23.9 Å². The molecule has 0 fully saturated rings. The van der Waals surface area contributed by atoms with Gasteiger partial charge in [-0.15, -0.1) is 5.10 Å². The van der Waals surface area contributed by atoms with Crippen molar-refractivity contribution in [1.29, 1.82) is 0 Å². The normalized spacial score (nSPS) is 12.9. The van der Waals surface area contributed by atoms with Crippen LogP contribution in [0.5, 0.6) is 0 Å². The zero-order valence-electron chi connectivity index (χ0n) is 14.5. The van der Waals surface area contributed by atoms with Gasteiger partial charge in [-0.1, -0.05) is 19.1 Å². The molecule has 1 atom stereocenters. The fourth-order valence-electron chi connectivity index (χ4n) is 2.56. The molecule has 0 aliphatic rings. The van der Waals surface area contributed by atoms with Crippen molar-refractivity contribution < 1.29 is 13.5 Å². The van der Waals surface area contributed by atoms with Gasteiger partial charge in [-0.05, 0) is 30.7 Å². The molecule has 9 heteroatoms. The topological polar surface area (TPSA) is 109 Å². The molecule has 1 aromatic carbocycles. The number of imidazole rings is 1. The number of benzene rings is 1. The minimum atomic E-state index is -3.31. The molecule has 1 unspecified atom stereocenters. The van der Waals surface area contributed by atoms with E-state index in [-0.39, 0.29) is 12.6 Å². The molecule has 0 aliphatic carbocycles. The van der Waals surface area contributed by atoms with Crippen LogP contribution in [0.1, 0.15) is 13.3 Å². The van der Waals surface area contributed by atoms with Gasteiger partial charge in [0.15, 0.2) is 5.65 Å². The quantitative estimate of drug-likeness (QED) is 0.582. The van der Waals surface area contributed by atoms with Crippen LogP contribution in [0.4, 0.5) is 11.5 Å². The number of aliphatic hydroxyl groups is 1. The molecule has 0 aliphatic heterocycles. The lowest BCUT2D eigenvalue weighted by molar-refractivity contribution is 0.271. The highest BCUT2D eigenvalue weighted by Crippen LogP contribution is 2.23. The second-order valence-corrected chi connectivity index (χ2v) is 7.76. The Labute approximate surface area is 151 Å². The Hall–Kier alpha value is -2.65. The summed E-state index contributed by atoms with van der Waals surface area (Å²) in [6.45, 7) is 2.02. The first-order valence-electron chi connectivity index (χ1n) is 8.20. The zero-order valence-corrected chi connectivity index (χ0v) is 15.4. The Bertz CT molecular complexity index is 995. The van der Waals surface area contributed by atoms with Crippen LogP contribution in [0, 0.1) is 0 Å². The van der Waals surface area contributed by atoms with Crippen LogP contribution in [0.3, 0.4) is 0 Å². The highest BCUT2D eigenvalue weighted by atomic mass is 32.2. The van der Waals surface area contributed by atoms with Crippen molar-refractivity contribution in [1.82, 2.24) is 14.6 Å². The number of anilines is 2. The zero-order chi connectivity index (χ0) is 18.7. The number of hydrogen-bond donors (Lipinski definition) is 3. The first-order valence-corrected chi connectivity index (χ1v) is 10.1. The molecule has 0 saturated heterocycles. The highest BCUT2D eigenvalue weighted by Gasteiger charge is 2.11.